The fourth-order valence-electron chi connectivity index (χ4n) is 6.99. The summed E-state index contributed by atoms with van der Waals surface area (Å²) in [6.45, 7) is 3.98. The number of alkyl halides is 3. The Labute approximate surface area is 207 Å². The van der Waals surface area contributed by atoms with Gasteiger partial charge in [-0.15, -0.1) is 0 Å². The number of rotatable bonds is 4. The predicted octanol–water partition coefficient (Wildman–Crippen LogP) is 6.12. The van der Waals surface area contributed by atoms with Gasteiger partial charge < -0.3 is 4.74 Å². The minimum Gasteiger partial charge on any atom is -0.370 e. The Kier molecular flexibility index (Phi) is 4.86. The van der Waals surface area contributed by atoms with Crippen LogP contribution in [0.2, 0.25) is 0 Å². The molecule has 1 unspecified atom stereocenters. The highest BCUT2D eigenvalue weighted by molar-refractivity contribution is 5.79. The number of hydrogen-bond donors (Lipinski definition) is 0. The van der Waals surface area contributed by atoms with E-state index in [-0.39, 0.29) is 30.5 Å². The van der Waals surface area contributed by atoms with Crippen LogP contribution >= 0.6 is 0 Å². The first-order valence-electron chi connectivity index (χ1n) is 13.1. The SMILES string of the molecule is Cc1ccc2c(C34CC(C3)C(C(F)(F)F)C4)nc([C@@H]3C[C@H](C)O[C@@H](c4cnn(C5CC5)c4)C3)nc2n1. The summed E-state index contributed by atoms with van der Waals surface area (Å²) in [5.74, 6) is -0.800. The third-order valence-corrected chi connectivity index (χ3v) is 8.92. The largest absolute Gasteiger partial charge is 0.392 e. The Morgan fingerprint density at radius 1 is 1.06 bits per heavy atom. The smallest absolute Gasteiger partial charge is 0.370 e. The van der Waals surface area contributed by atoms with Gasteiger partial charge in [-0.3, -0.25) is 4.68 Å². The van der Waals surface area contributed by atoms with Crippen LogP contribution in [0.4, 0.5) is 13.2 Å². The number of aromatic nitrogens is 5. The molecule has 0 radical (unpaired) electrons. The summed E-state index contributed by atoms with van der Waals surface area (Å²) in [6, 6.07) is 4.36. The molecule has 3 aromatic heterocycles. The Balaban J connectivity index is 1.25. The van der Waals surface area contributed by atoms with E-state index in [1.54, 1.807) is 0 Å². The maximum Gasteiger partial charge on any atom is 0.392 e. The van der Waals surface area contributed by atoms with Crippen LogP contribution in [0.25, 0.3) is 11.0 Å². The van der Waals surface area contributed by atoms with E-state index >= 15 is 0 Å². The normalized spacial score (nSPS) is 34.2. The van der Waals surface area contributed by atoms with Crippen molar-refractivity contribution in [2.75, 3.05) is 0 Å². The first kappa shape index (κ1) is 22.6. The van der Waals surface area contributed by atoms with Crippen molar-refractivity contribution in [3.05, 3.63) is 47.3 Å². The molecule has 2 bridgehead atoms. The molecule has 0 N–H and O–H groups in total. The van der Waals surface area contributed by atoms with E-state index in [1.807, 2.05) is 29.9 Å². The van der Waals surface area contributed by atoms with Crippen molar-refractivity contribution in [3.8, 4) is 0 Å². The molecule has 0 aromatic carbocycles. The number of ether oxygens (including phenoxy) is 1. The Bertz CT molecular complexity index is 1330. The van der Waals surface area contributed by atoms with Gasteiger partial charge in [0.05, 0.1) is 36.1 Å². The Hall–Kier alpha value is -2.55. The number of halogens is 3. The molecule has 4 aliphatic carbocycles. The molecule has 6 nitrogen and oxygen atoms in total. The number of pyridine rings is 1. The molecule has 5 aliphatic rings. The van der Waals surface area contributed by atoms with Gasteiger partial charge in [0.1, 0.15) is 5.82 Å². The topological polar surface area (TPSA) is 65.7 Å². The number of fused-ring (bicyclic) bond motifs is 2. The van der Waals surface area contributed by atoms with Gasteiger partial charge in [0.15, 0.2) is 5.65 Å². The minimum absolute atomic E-state index is 0.0126. The molecular formula is C27H30F3N5O. The van der Waals surface area contributed by atoms with Crippen molar-refractivity contribution in [2.45, 2.75) is 94.6 Å². The summed E-state index contributed by atoms with van der Waals surface area (Å²) in [7, 11) is 0. The molecule has 4 heterocycles. The number of hydrogen-bond acceptors (Lipinski definition) is 5. The molecule has 9 heteroatoms. The highest BCUT2D eigenvalue weighted by Crippen LogP contribution is 2.66. The average Bonchev–Trinajstić information content (AvgIpc) is 3.24. The van der Waals surface area contributed by atoms with Crippen molar-refractivity contribution in [2.24, 2.45) is 11.8 Å². The zero-order chi connectivity index (χ0) is 24.8. The molecule has 4 atom stereocenters. The lowest BCUT2D eigenvalue weighted by Gasteiger charge is -2.39. The summed E-state index contributed by atoms with van der Waals surface area (Å²) in [5, 5.41) is 5.34. The summed E-state index contributed by atoms with van der Waals surface area (Å²) >= 11 is 0. The first-order chi connectivity index (χ1) is 17.2. The van der Waals surface area contributed by atoms with Crippen LogP contribution in [0.5, 0.6) is 0 Å². The first-order valence-corrected chi connectivity index (χ1v) is 13.1. The fraction of sp³-hybridized carbons (Fsp3) is 0.630. The summed E-state index contributed by atoms with van der Waals surface area (Å²) in [5.41, 5.74) is 2.75. The molecular weight excluding hydrogens is 467 g/mol. The monoisotopic (exact) mass is 497 g/mol. The van der Waals surface area contributed by atoms with E-state index in [9.17, 15) is 13.2 Å². The average molecular weight is 498 g/mol. The van der Waals surface area contributed by atoms with Gasteiger partial charge in [0.25, 0.3) is 0 Å². The Morgan fingerprint density at radius 2 is 1.86 bits per heavy atom. The van der Waals surface area contributed by atoms with Gasteiger partial charge in [-0.2, -0.15) is 18.3 Å². The number of nitrogens with zero attached hydrogens (tertiary/aromatic N) is 5. The predicted molar refractivity (Wildman–Crippen MR) is 126 cm³/mol. The second-order valence-electron chi connectivity index (χ2n) is 11.6. The lowest BCUT2D eigenvalue weighted by Crippen LogP contribution is -2.35. The molecule has 0 amide bonds. The van der Waals surface area contributed by atoms with Gasteiger partial charge >= 0.3 is 6.18 Å². The van der Waals surface area contributed by atoms with E-state index in [0.29, 0.717) is 30.4 Å². The highest BCUT2D eigenvalue weighted by atomic mass is 19.4. The van der Waals surface area contributed by atoms with Crippen LogP contribution in [0, 0.1) is 18.8 Å². The maximum atomic E-state index is 13.7. The Morgan fingerprint density at radius 3 is 2.58 bits per heavy atom. The lowest BCUT2D eigenvalue weighted by atomic mass is 9.66. The van der Waals surface area contributed by atoms with E-state index < -0.39 is 17.5 Å². The van der Waals surface area contributed by atoms with E-state index in [4.69, 9.17) is 14.7 Å². The van der Waals surface area contributed by atoms with Crippen molar-refractivity contribution in [1.82, 2.24) is 24.7 Å². The highest BCUT2D eigenvalue weighted by Gasteiger charge is 2.65. The zero-order valence-corrected chi connectivity index (χ0v) is 20.5. The van der Waals surface area contributed by atoms with Gasteiger partial charge in [-0.25, -0.2) is 15.0 Å². The lowest BCUT2D eigenvalue weighted by molar-refractivity contribution is -0.180. The van der Waals surface area contributed by atoms with Gasteiger partial charge in [0.2, 0.25) is 0 Å². The third-order valence-electron chi connectivity index (χ3n) is 8.92. The van der Waals surface area contributed by atoms with Crippen molar-refractivity contribution in [1.29, 1.82) is 0 Å². The van der Waals surface area contributed by atoms with Crippen LogP contribution in [-0.4, -0.2) is 37.0 Å². The third kappa shape index (κ3) is 3.64. The second kappa shape index (κ2) is 7.73. The maximum absolute atomic E-state index is 13.7. The quantitative estimate of drug-likeness (QED) is 0.435. The molecule has 36 heavy (non-hydrogen) atoms. The van der Waals surface area contributed by atoms with E-state index in [0.717, 1.165) is 35.2 Å². The van der Waals surface area contributed by atoms with Gasteiger partial charge in [-0.05, 0) is 76.8 Å². The van der Waals surface area contributed by atoms with Gasteiger partial charge in [-0.1, -0.05) is 0 Å². The van der Waals surface area contributed by atoms with Crippen LogP contribution in [0.1, 0.15) is 92.7 Å². The zero-order valence-electron chi connectivity index (χ0n) is 20.5. The summed E-state index contributed by atoms with van der Waals surface area (Å²) in [6.07, 6.45) is 4.79. The second-order valence-corrected chi connectivity index (χ2v) is 11.6. The molecule has 4 saturated carbocycles. The van der Waals surface area contributed by atoms with Crippen molar-refractivity contribution < 1.29 is 17.9 Å². The summed E-state index contributed by atoms with van der Waals surface area (Å²) < 4.78 is 49.4. The van der Waals surface area contributed by atoms with Crippen LogP contribution in [0.15, 0.2) is 24.5 Å². The van der Waals surface area contributed by atoms with Crippen LogP contribution < -0.4 is 0 Å². The van der Waals surface area contributed by atoms with Crippen molar-refractivity contribution in [3.63, 3.8) is 0 Å². The molecule has 8 rings (SSSR count). The molecule has 190 valence electrons. The molecule has 5 fully saturated rings. The van der Waals surface area contributed by atoms with Crippen LogP contribution in [0.3, 0.4) is 0 Å². The molecule has 0 spiro atoms. The summed E-state index contributed by atoms with van der Waals surface area (Å²) in [4.78, 5) is 14.7. The molecule has 1 saturated heterocycles. The van der Waals surface area contributed by atoms with Gasteiger partial charge in [0, 0.05) is 34.2 Å². The van der Waals surface area contributed by atoms with E-state index in [2.05, 4.69) is 23.2 Å². The molecule has 3 aromatic rings. The molecule has 1 aliphatic heterocycles. The minimum atomic E-state index is -4.16. The van der Waals surface area contributed by atoms with Crippen molar-refractivity contribution >= 4 is 11.0 Å². The number of aryl methyl sites for hydroxylation is 1. The van der Waals surface area contributed by atoms with Crippen LogP contribution in [-0.2, 0) is 10.2 Å². The standard InChI is InChI=1S/C27H30F3N5O/c1-14-3-6-20-23(26-9-17(10-26)21(11-26)27(28,29)30)33-24(34-25(20)32-14)16-7-15(2)36-22(8-16)18-12-31-35(13-18)19-4-5-19/h3,6,12-13,15-17,19,21-22H,4-5,7-11H2,1-2H3/t15-,16+,17?,21?,22+,26?/m0/s1. The fourth-order valence-corrected chi connectivity index (χ4v) is 6.99. The van der Waals surface area contributed by atoms with E-state index in [1.165, 1.54) is 12.8 Å².